The molecule has 0 saturated heterocycles. The Balaban J connectivity index is 2.84. The lowest BCUT2D eigenvalue weighted by molar-refractivity contribution is 0.133. The minimum atomic E-state index is -0.239. The smallest absolute Gasteiger partial charge is 0.0500 e. The highest BCUT2D eigenvalue weighted by Gasteiger charge is 2.27. The molecule has 0 radical (unpaired) electrons. The summed E-state index contributed by atoms with van der Waals surface area (Å²) in [5, 5.41) is 9.16. The second kappa shape index (κ2) is 3.78. The van der Waals surface area contributed by atoms with E-state index < -0.39 is 0 Å². The maximum atomic E-state index is 9.16. The van der Waals surface area contributed by atoms with Gasteiger partial charge < -0.3 is 10.8 Å². The molecule has 1 aromatic heterocycles. The van der Waals surface area contributed by atoms with E-state index in [2.05, 4.69) is 13.0 Å². The van der Waals surface area contributed by atoms with Gasteiger partial charge in [-0.1, -0.05) is 13.8 Å². The molecule has 1 heterocycles. The van der Waals surface area contributed by atoms with E-state index in [1.165, 1.54) is 4.88 Å². The Morgan fingerprint density at radius 2 is 2.15 bits per heavy atom. The van der Waals surface area contributed by atoms with Crippen molar-refractivity contribution in [1.82, 2.24) is 0 Å². The molecule has 0 aromatic carbocycles. The summed E-state index contributed by atoms with van der Waals surface area (Å²) in [6.45, 7) is 6.14. The largest absolute Gasteiger partial charge is 0.396 e. The van der Waals surface area contributed by atoms with Crippen molar-refractivity contribution in [2.24, 2.45) is 11.1 Å². The van der Waals surface area contributed by atoms with Gasteiger partial charge in [0.15, 0.2) is 0 Å². The topological polar surface area (TPSA) is 46.2 Å². The molecule has 0 unspecified atom stereocenters. The Bertz CT molecular complexity index is 280. The van der Waals surface area contributed by atoms with E-state index in [1.807, 2.05) is 19.9 Å². The molecule has 1 rings (SSSR count). The normalized spacial score (nSPS) is 14.5. The fraction of sp³-hybridized carbons (Fsp3) is 0.600. The van der Waals surface area contributed by atoms with E-state index in [1.54, 1.807) is 11.3 Å². The number of aliphatic hydroxyl groups excluding tert-OH is 1. The minimum absolute atomic E-state index is 0.0730. The van der Waals surface area contributed by atoms with E-state index in [-0.39, 0.29) is 18.1 Å². The van der Waals surface area contributed by atoms with E-state index in [0.29, 0.717) is 0 Å². The molecule has 0 fully saturated rings. The molecule has 0 aliphatic rings. The lowest BCUT2D eigenvalue weighted by Crippen LogP contribution is -2.31. The van der Waals surface area contributed by atoms with Crippen molar-refractivity contribution in [3.63, 3.8) is 0 Å². The van der Waals surface area contributed by atoms with Crippen molar-refractivity contribution in [3.05, 3.63) is 21.9 Å². The first-order valence-electron chi connectivity index (χ1n) is 4.40. The third kappa shape index (κ3) is 2.30. The van der Waals surface area contributed by atoms with Crippen LogP contribution in [0.1, 0.15) is 29.6 Å². The molecule has 0 aliphatic heterocycles. The van der Waals surface area contributed by atoms with E-state index in [9.17, 15) is 0 Å². The fourth-order valence-electron chi connectivity index (χ4n) is 1.10. The van der Waals surface area contributed by atoms with Gasteiger partial charge in [0.2, 0.25) is 0 Å². The van der Waals surface area contributed by atoms with Crippen LogP contribution in [0.15, 0.2) is 12.1 Å². The van der Waals surface area contributed by atoms with Gasteiger partial charge in [-0.3, -0.25) is 0 Å². The van der Waals surface area contributed by atoms with Gasteiger partial charge in [-0.25, -0.2) is 0 Å². The molecular formula is C10H17NOS. The van der Waals surface area contributed by atoms with Gasteiger partial charge in [-0.2, -0.15) is 0 Å². The zero-order valence-corrected chi connectivity index (χ0v) is 9.19. The second-order valence-electron chi connectivity index (χ2n) is 4.07. The number of hydrogen-bond donors (Lipinski definition) is 2. The summed E-state index contributed by atoms with van der Waals surface area (Å²) in [5.41, 5.74) is 5.81. The molecule has 3 N–H and O–H groups in total. The SMILES string of the molecule is Cc1ccc([C@@H](N)C(C)(C)CO)s1. The van der Waals surface area contributed by atoms with Gasteiger partial charge in [0, 0.05) is 21.2 Å². The zero-order valence-electron chi connectivity index (χ0n) is 8.37. The molecule has 3 heteroatoms. The van der Waals surface area contributed by atoms with Crippen LogP contribution in [0.3, 0.4) is 0 Å². The summed E-state index contributed by atoms with van der Waals surface area (Å²) < 4.78 is 0. The molecule has 0 bridgehead atoms. The van der Waals surface area contributed by atoms with Gasteiger partial charge in [0.25, 0.3) is 0 Å². The Kier molecular flexibility index (Phi) is 3.11. The van der Waals surface area contributed by atoms with Crippen molar-refractivity contribution >= 4 is 11.3 Å². The first kappa shape index (κ1) is 10.7. The summed E-state index contributed by atoms with van der Waals surface area (Å²) in [4.78, 5) is 2.41. The Morgan fingerprint density at radius 3 is 2.54 bits per heavy atom. The van der Waals surface area contributed by atoms with Crippen molar-refractivity contribution < 1.29 is 5.11 Å². The Labute approximate surface area is 83.4 Å². The van der Waals surface area contributed by atoms with Crippen LogP contribution < -0.4 is 5.73 Å². The predicted octanol–water partition coefficient (Wildman–Crippen LogP) is 2.07. The molecule has 0 aliphatic carbocycles. The average molecular weight is 199 g/mol. The van der Waals surface area contributed by atoms with Gasteiger partial charge in [0.05, 0.1) is 6.61 Å². The van der Waals surface area contributed by atoms with Crippen LogP contribution in [0.2, 0.25) is 0 Å². The number of aryl methyl sites for hydroxylation is 1. The van der Waals surface area contributed by atoms with Crippen LogP contribution in [0.25, 0.3) is 0 Å². The third-order valence-electron chi connectivity index (χ3n) is 2.32. The first-order chi connectivity index (χ1) is 5.97. The fourth-order valence-corrected chi connectivity index (χ4v) is 2.19. The van der Waals surface area contributed by atoms with Crippen molar-refractivity contribution in [3.8, 4) is 0 Å². The molecule has 13 heavy (non-hydrogen) atoms. The standard InChI is InChI=1S/C10H17NOS/c1-7-4-5-8(13-7)9(11)10(2,3)6-12/h4-5,9,12H,6,11H2,1-3H3/t9-/m1/s1. The van der Waals surface area contributed by atoms with Crippen LogP contribution in [-0.4, -0.2) is 11.7 Å². The molecular weight excluding hydrogens is 182 g/mol. The quantitative estimate of drug-likeness (QED) is 0.783. The molecule has 0 saturated carbocycles. The second-order valence-corrected chi connectivity index (χ2v) is 5.39. The number of hydrogen-bond acceptors (Lipinski definition) is 3. The van der Waals surface area contributed by atoms with Crippen LogP contribution in [0, 0.1) is 12.3 Å². The van der Waals surface area contributed by atoms with Crippen LogP contribution in [-0.2, 0) is 0 Å². The van der Waals surface area contributed by atoms with Crippen molar-refractivity contribution in [1.29, 1.82) is 0 Å². The zero-order chi connectivity index (χ0) is 10.1. The highest BCUT2D eigenvalue weighted by atomic mass is 32.1. The predicted molar refractivity (Wildman–Crippen MR) is 56.9 cm³/mol. The van der Waals surface area contributed by atoms with Crippen molar-refractivity contribution in [2.75, 3.05) is 6.61 Å². The van der Waals surface area contributed by atoms with Crippen LogP contribution in [0.5, 0.6) is 0 Å². The van der Waals surface area contributed by atoms with Gasteiger partial charge in [0.1, 0.15) is 0 Å². The summed E-state index contributed by atoms with van der Waals surface area (Å²) >= 11 is 1.70. The monoisotopic (exact) mass is 199 g/mol. The Morgan fingerprint density at radius 1 is 1.54 bits per heavy atom. The lowest BCUT2D eigenvalue weighted by atomic mass is 9.85. The molecule has 2 nitrogen and oxygen atoms in total. The van der Waals surface area contributed by atoms with Gasteiger partial charge in [-0.05, 0) is 19.1 Å². The summed E-state index contributed by atoms with van der Waals surface area (Å²) in [6, 6.07) is 4.03. The molecule has 1 atom stereocenters. The minimum Gasteiger partial charge on any atom is -0.396 e. The molecule has 74 valence electrons. The Hall–Kier alpha value is -0.380. The third-order valence-corrected chi connectivity index (χ3v) is 3.40. The maximum Gasteiger partial charge on any atom is 0.0500 e. The number of aliphatic hydroxyl groups is 1. The lowest BCUT2D eigenvalue weighted by Gasteiger charge is -2.28. The van der Waals surface area contributed by atoms with Crippen LogP contribution in [0.4, 0.5) is 0 Å². The first-order valence-corrected chi connectivity index (χ1v) is 5.22. The number of rotatable bonds is 3. The van der Waals surface area contributed by atoms with E-state index in [0.717, 1.165) is 4.88 Å². The molecule has 0 amide bonds. The van der Waals surface area contributed by atoms with Crippen LogP contribution >= 0.6 is 11.3 Å². The van der Waals surface area contributed by atoms with Gasteiger partial charge in [-0.15, -0.1) is 11.3 Å². The van der Waals surface area contributed by atoms with E-state index >= 15 is 0 Å². The maximum absolute atomic E-state index is 9.16. The van der Waals surface area contributed by atoms with Crippen molar-refractivity contribution in [2.45, 2.75) is 26.8 Å². The summed E-state index contributed by atoms with van der Waals surface area (Å²) in [6.07, 6.45) is 0. The summed E-state index contributed by atoms with van der Waals surface area (Å²) in [5.74, 6) is 0. The van der Waals surface area contributed by atoms with Gasteiger partial charge >= 0.3 is 0 Å². The van der Waals surface area contributed by atoms with E-state index in [4.69, 9.17) is 10.8 Å². The number of nitrogens with two attached hydrogens (primary N) is 1. The molecule has 0 spiro atoms. The average Bonchev–Trinajstić information content (AvgIpc) is 2.50. The molecule has 1 aromatic rings. The summed E-state index contributed by atoms with van der Waals surface area (Å²) in [7, 11) is 0. The number of thiophene rings is 1. The highest BCUT2D eigenvalue weighted by molar-refractivity contribution is 7.12. The highest BCUT2D eigenvalue weighted by Crippen LogP contribution is 2.34.